The summed E-state index contributed by atoms with van der Waals surface area (Å²) >= 11 is 9.23. The highest BCUT2D eigenvalue weighted by Gasteiger charge is 2.34. The van der Waals surface area contributed by atoms with E-state index in [9.17, 15) is 0 Å². The van der Waals surface area contributed by atoms with E-state index >= 15 is 0 Å². The van der Waals surface area contributed by atoms with Crippen LogP contribution < -0.4 is 0 Å². The van der Waals surface area contributed by atoms with Crippen LogP contribution in [0.1, 0.15) is 0 Å². The van der Waals surface area contributed by atoms with Gasteiger partial charge in [0.15, 0.2) is 17.5 Å². The summed E-state index contributed by atoms with van der Waals surface area (Å²) in [4.78, 5) is 30.6. The van der Waals surface area contributed by atoms with Gasteiger partial charge in [-0.1, -0.05) is 315 Å². The SMILES string of the molecule is c1ccc(-c2ccc(-n3c4ccccc4c4c5sc6ccccc6c5c5c6ncnc(-n7c8ccccc8c8ccccc87)c6sc5c43)cc2)cc1.c1ccc(-n2c3ccccc3c3c2c2sc4c(-n5c6ccccc6c6ccccc65)ncnc4c2c2c4ccccc4n(-c4ccccc4)c23)cc1.c1ccc(-n2c3ccccc3c3c4sc5ccccc5c4c4c5ncnc(-n6c7ccccc7c7ccccc76)c5sc4c32)cc1. The van der Waals surface area contributed by atoms with E-state index in [1.807, 2.05) is 56.7 Å². The monoisotopic (exact) mass is 2000 g/mol. The second-order valence-electron chi connectivity index (χ2n) is 38.5. The van der Waals surface area contributed by atoms with Crippen LogP contribution >= 0.6 is 56.7 Å². The molecule has 0 aliphatic rings. The first kappa shape index (κ1) is 83.6. The number of para-hydroxylation sites is 13. The minimum absolute atomic E-state index is 0.902. The fourth-order valence-corrected chi connectivity index (χ4v) is 31.2. The topological polar surface area (TPSA) is 112 Å². The van der Waals surface area contributed by atoms with E-state index in [1.54, 1.807) is 19.0 Å². The molecule has 15 aromatic heterocycles. The average Bonchev–Trinajstić information content (AvgIpc) is 1.51. The molecule has 0 saturated carbocycles. The van der Waals surface area contributed by atoms with Crippen LogP contribution in [0.2, 0.25) is 0 Å². The molecule has 35 aromatic rings. The van der Waals surface area contributed by atoms with Gasteiger partial charge in [0.25, 0.3) is 0 Å². The number of thiophene rings is 5. The molecular weight excluding hydrogens is 1930 g/mol. The van der Waals surface area contributed by atoms with Crippen molar-refractivity contribution < 1.29 is 0 Å². The van der Waals surface area contributed by atoms with Gasteiger partial charge in [0.2, 0.25) is 0 Å². The van der Waals surface area contributed by atoms with Crippen molar-refractivity contribution in [3.8, 4) is 51.3 Å². The first-order valence-electron chi connectivity index (χ1n) is 50.3. The minimum Gasteiger partial charge on any atom is -0.309 e. The maximum absolute atomic E-state index is 5.17. The van der Waals surface area contributed by atoms with Gasteiger partial charge in [-0.2, -0.15) is 0 Å². The van der Waals surface area contributed by atoms with Gasteiger partial charge in [0.1, 0.15) is 19.0 Å². The van der Waals surface area contributed by atoms with Crippen molar-refractivity contribution in [2.24, 2.45) is 0 Å². The quantitative estimate of drug-likeness (QED) is 0.150. The first-order valence-corrected chi connectivity index (χ1v) is 54.4. The molecule has 0 unspecified atom stereocenters. The normalized spacial score (nSPS) is 12.3. The Morgan fingerprint density at radius 3 is 0.700 bits per heavy atom. The van der Waals surface area contributed by atoms with Crippen molar-refractivity contribution in [1.29, 1.82) is 0 Å². The number of aromatic nitrogens is 13. The minimum atomic E-state index is 0.902. The van der Waals surface area contributed by atoms with Gasteiger partial charge in [-0.25, -0.2) is 29.9 Å². The van der Waals surface area contributed by atoms with Crippen LogP contribution in [-0.4, -0.2) is 61.9 Å². The molecule has 0 fully saturated rings. The zero-order chi connectivity index (χ0) is 97.8. The number of nitrogens with zero attached hydrogens (tertiary/aromatic N) is 13. The molecule has 0 aliphatic carbocycles. The van der Waals surface area contributed by atoms with Crippen molar-refractivity contribution in [1.82, 2.24) is 61.9 Å². The molecule has 35 rings (SSSR count). The van der Waals surface area contributed by atoms with Crippen molar-refractivity contribution >= 4 is 311 Å². The van der Waals surface area contributed by atoms with Crippen molar-refractivity contribution in [2.45, 2.75) is 0 Å². The van der Waals surface area contributed by atoms with Gasteiger partial charge in [-0.05, 0) is 132 Å². The molecule has 0 radical (unpaired) electrons. The third-order valence-corrected chi connectivity index (χ3v) is 36.7. The van der Waals surface area contributed by atoms with Gasteiger partial charge in [0.05, 0.1) is 122 Å². The Kier molecular flexibility index (Phi) is 18.1. The molecule has 0 atom stereocenters. The summed E-state index contributed by atoms with van der Waals surface area (Å²) in [5.74, 6) is 2.74. The Labute approximate surface area is 872 Å². The van der Waals surface area contributed by atoms with Crippen LogP contribution in [0.4, 0.5) is 0 Å². The van der Waals surface area contributed by atoms with Crippen LogP contribution in [0.25, 0.3) is 305 Å². The van der Waals surface area contributed by atoms with E-state index in [0.29, 0.717) is 0 Å². The van der Waals surface area contributed by atoms with E-state index < -0.39 is 0 Å². The maximum Gasteiger partial charge on any atom is 0.159 e. The van der Waals surface area contributed by atoms with Gasteiger partial charge in [-0.3, -0.25) is 13.7 Å². The van der Waals surface area contributed by atoms with E-state index in [-0.39, 0.29) is 0 Å². The Bertz CT molecular complexity index is 11800. The number of benzene rings is 20. The molecule has 20 aromatic carbocycles. The van der Waals surface area contributed by atoms with Crippen LogP contribution in [0.3, 0.4) is 0 Å². The van der Waals surface area contributed by atoms with Crippen molar-refractivity contribution in [3.63, 3.8) is 0 Å². The number of hydrogen-bond acceptors (Lipinski definition) is 11. The Morgan fingerprint density at radius 2 is 0.373 bits per heavy atom. The van der Waals surface area contributed by atoms with Crippen LogP contribution in [-0.2, 0) is 0 Å². The number of rotatable bonds is 8. The molecule has 698 valence electrons. The van der Waals surface area contributed by atoms with Gasteiger partial charge in [-0.15, -0.1) is 56.7 Å². The summed E-state index contributed by atoms with van der Waals surface area (Å²) in [5, 5.41) is 26.0. The molecule has 0 amide bonds. The zero-order valence-electron chi connectivity index (χ0n) is 79.7. The maximum atomic E-state index is 5.17. The van der Waals surface area contributed by atoms with E-state index in [0.717, 1.165) is 109 Å². The van der Waals surface area contributed by atoms with Crippen LogP contribution in [0.15, 0.2) is 456 Å². The van der Waals surface area contributed by atoms with Crippen molar-refractivity contribution in [2.75, 3.05) is 0 Å². The molecular formula is C132H75N13S5. The zero-order valence-corrected chi connectivity index (χ0v) is 83.7. The Hall–Kier alpha value is -18.7. The molecule has 150 heavy (non-hydrogen) atoms. The second-order valence-corrected chi connectivity index (χ2v) is 43.6. The Balaban J connectivity index is 0.0000000976. The van der Waals surface area contributed by atoms with E-state index in [4.69, 9.17) is 29.9 Å². The summed E-state index contributed by atoms with van der Waals surface area (Å²) in [6, 6.07) is 157. The smallest absolute Gasteiger partial charge is 0.159 e. The second kappa shape index (κ2) is 32.4. The molecule has 0 bridgehead atoms. The van der Waals surface area contributed by atoms with Crippen LogP contribution in [0, 0.1) is 0 Å². The lowest BCUT2D eigenvalue weighted by Crippen LogP contribution is -1.98. The fraction of sp³-hybridized carbons (Fsp3) is 0. The predicted octanol–water partition coefficient (Wildman–Crippen LogP) is 36.6. The highest BCUT2D eigenvalue weighted by Crippen LogP contribution is 2.58. The van der Waals surface area contributed by atoms with Gasteiger partial charge in [0, 0.05) is 155 Å². The molecule has 13 nitrogen and oxygen atoms in total. The number of fused-ring (bicyclic) bond motifs is 45. The molecule has 0 aliphatic heterocycles. The van der Waals surface area contributed by atoms with Crippen LogP contribution in [0.5, 0.6) is 0 Å². The van der Waals surface area contributed by atoms with Gasteiger partial charge < -0.3 is 18.3 Å². The summed E-state index contributed by atoms with van der Waals surface area (Å²) in [6.45, 7) is 0. The highest BCUT2D eigenvalue weighted by atomic mass is 32.1. The van der Waals surface area contributed by atoms with Crippen molar-refractivity contribution in [3.05, 3.63) is 456 Å². The molecule has 18 heteroatoms. The van der Waals surface area contributed by atoms with Gasteiger partial charge >= 0.3 is 0 Å². The van der Waals surface area contributed by atoms with E-state index in [2.05, 4.69) is 469 Å². The third kappa shape index (κ3) is 11.8. The number of hydrogen-bond donors (Lipinski definition) is 0. The molecule has 0 saturated heterocycles. The first-order chi connectivity index (χ1) is 74.6. The summed E-state index contributed by atoms with van der Waals surface area (Å²) < 4.78 is 29.0. The fourth-order valence-electron chi connectivity index (χ4n) is 24.8. The molecule has 0 spiro atoms. The largest absolute Gasteiger partial charge is 0.309 e. The average molecular weight is 2000 g/mol. The molecule has 15 heterocycles. The summed E-state index contributed by atoms with van der Waals surface area (Å²) in [6.07, 6.45) is 5.27. The highest BCUT2D eigenvalue weighted by molar-refractivity contribution is 7.31. The summed E-state index contributed by atoms with van der Waals surface area (Å²) in [7, 11) is 0. The third-order valence-electron chi connectivity index (χ3n) is 30.8. The lowest BCUT2D eigenvalue weighted by atomic mass is 10.0. The lowest BCUT2D eigenvalue weighted by molar-refractivity contribution is 1.08. The predicted molar refractivity (Wildman–Crippen MR) is 636 cm³/mol. The van der Waals surface area contributed by atoms with E-state index in [1.165, 1.54) is 196 Å². The molecule has 0 N–H and O–H groups in total. The Morgan fingerprint density at radius 1 is 0.140 bits per heavy atom. The lowest BCUT2D eigenvalue weighted by Gasteiger charge is -2.11. The standard InChI is InChI=1S/C46H27N5S.C46H26N4S2.C40H22N4S2/c1-3-15-28(16-4-1)49-36-25-13-9-21-32(36)38-40-41-45(46(48-27-47-41)51-34-23-11-7-19-30(34)31-20-8-12-24-35(31)51)52-44(40)43-39(42(38)49)33-22-10-14-26-37(33)50(43)29-17-5-2-6-18-29;1-2-12-27(13-3-1)28-22-24-29(25-23-28)49-36-20-10-6-16-32(36)39-42(49)44-40(38-33-17-7-11-21-37(33)51-43(38)39)41-45(52-44)46(48-26-47-41)50-34-18-8-4-14-30(34)31-15-5-9-19-35(31)50;1-2-12-23(13-3-1)43-30-20-10-6-16-26(30)33-36(43)38-34(32-27-17-7-11-21-31(27)45-37(32)33)35-39(46-38)40(42-22-41-35)44-28-18-8-4-14-24(28)25-15-5-9-19-29(25)44/h1-27H;1-26H;1-22H. The summed E-state index contributed by atoms with van der Waals surface area (Å²) in [5.41, 5.74) is 26.4.